The first-order valence-corrected chi connectivity index (χ1v) is 8.88. The first-order chi connectivity index (χ1) is 13.5. The monoisotopic (exact) mass is 373 g/mol. The summed E-state index contributed by atoms with van der Waals surface area (Å²) < 4.78 is 2.68. The molecule has 0 saturated heterocycles. The van der Waals surface area contributed by atoms with Crippen LogP contribution in [0.1, 0.15) is 22.6 Å². The van der Waals surface area contributed by atoms with Crippen molar-refractivity contribution in [2.75, 3.05) is 0 Å². The van der Waals surface area contributed by atoms with Gasteiger partial charge in [-0.1, -0.05) is 30.3 Å². The van der Waals surface area contributed by atoms with E-state index in [9.17, 15) is 9.59 Å². The van der Waals surface area contributed by atoms with Crippen LogP contribution in [0.25, 0.3) is 16.6 Å². The van der Waals surface area contributed by atoms with Crippen LogP contribution in [0.4, 0.5) is 0 Å². The Morgan fingerprint density at radius 3 is 2.46 bits per heavy atom. The first-order valence-electron chi connectivity index (χ1n) is 8.88. The van der Waals surface area contributed by atoms with Crippen LogP contribution in [0.2, 0.25) is 0 Å². The molecule has 0 atom stereocenters. The van der Waals surface area contributed by atoms with E-state index in [2.05, 4.69) is 15.2 Å². The van der Waals surface area contributed by atoms with Crippen molar-refractivity contribution >= 4 is 17.1 Å². The molecule has 7 heteroatoms. The highest BCUT2D eigenvalue weighted by Gasteiger charge is 2.12. The van der Waals surface area contributed by atoms with Gasteiger partial charge >= 0.3 is 0 Å². The van der Waals surface area contributed by atoms with Crippen molar-refractivity contribution in [3.05, 3.63) is 91.9 Å². The number of benzene rings is 2. The summed E-state index contributed by atoms with van der Waals surface area (Å²) in [5.74, 6) is 0.455. The first kappa shape index (κ1) is 17.7. The third kappa shape index (κ3) is 2.87. The Morgan fingerprint density at radius 2 is 1.71 bits per heavy atom. The largest absolute Gasteiger partial charge is 0.295 e. The van der Waals surface area contributed by atoms with Crippen molar-refractivity contribution in [3.8, 4) is 5.69 Å². The maximum absolute atomic E-state index is 12.9. The van der Waals surface area contributed by atoms with Crippen LogP contribution in [-0.2, 0) is 0 Å². The molecule has 2 heterocycles. The van der Waals surface area contributed by atoms with E-state index in [1.807, 2.05) is 49.4 Å². The smallest absolute Gasteiger partial charge is 0.282 e. The second kappa shape index (κ2) is 6.77. The predicted octanol–water partition coefficient (Wildman–Crippen LogP) is 2.68. The van der Waals surface area contributed by atoms with Crippen molar-refractivity contribution in [1.82, 2.24) is 19.4 Å². The lowest BCUT2D eigenvalue weighted by atomic mass is 10.1. The summed E-state index contributed by atoms with van der Waals surface area (Å²) in [5.41, 5.74) is 2.76. The molecule has 0 fully saturated rings. The minimum atomic E-state index is -0.256. The summed E-state index contributed by atoms with van der Waals surface area (Å²) in [4.78, 5) is 30.2. The molecular weight excluding hydrogens is 354 g/mol. The Hall–Kier alpha value is -3.74. The third-order valence-electron chi connectivity index (χ3n) is 4.68. The van der Waals surface area contributed by atoms with Crippen molar-refractivity contribution in [2.45, 2.75) is 20.8 Å². The molecule has 0 aliphatic heterocycles. The number of nitrogens with zero attached hydrogens (tertiary/aromatic N) is 4. The highest BCUT2D eigenvalue weighted by molar-refractivity contribution is 5.82. The van der Waals surface area contributed by atoms with Crippen LogP contribution in [0.15, 0.2) is 63.2 Å². The molecule has 1 N–H and O–H groups in total. The predicted molar refractivity (Wildman–Crippen MR) is 110 cm³/mol. The van der Waals surface area contributed by atoms with Gasteiger partial charge in [-0.25, -0.2) is 9.67 Å². The lowest BCUT2D eigenvalue weighted by Gasteiger charge is -2.06. The van der Waals surface area contributed by atoms with E-state index in [1.54, 1.807) is 19.9 Å². The number of hydrogen-bond acceptors (Lipinski definition) is 4. The van der Waals surface area contributed by atoms with Crippen LogP contribution in [-0.4, -0.2) is 25.7 Å². The highest BCUT2D eigenvalue weighted by atomic mass is 16.1. The Morgan fingerprint density at radius 1 is 0.964 bits per heavy atom. The lowest BCUT2D eigenvalue weighted by Crippen LogP contribution is -2.22. The van der Waals surface area contributed by atoms with E-state index >= 15 is 0 Å². The molecule has 2 aromatic carbocycles. The van der Waals surface area contributed by atoms with E-state index in [-0.39, 0.29) is 11.1 Å². The zero-order valence-electron chi connectivity index (χ0n) is 15.8. The standard InChI is InChI=1S/C21H19N5O2/c1-13-8-7-11-18-19(13)21(28)25(15(3)23-18)22-12-17-14(2)24-26(20(17)27)16-9-5-4-6-10-16/h4-12,24H,1-3H3/b22-12+. The van der Waals surface area contributed by atoms with Gasteiger partial charge < -0.3 is 0 Å². The van der Waals surface area contributed by atoms with Gasteiger partial charge in [0.1, 0.15) is 5.82 Å². The van der Waals surface area contributed by atoms with Gasteiger partial charge in [0.05, 0.1) is 28.4 Å². The number of aromatic nitrogens is 4. The number of fused-ring (bicyclic) bond motifs is 1. The number of aryl methyl sites for hydroxylation is 3. The second-order valence-corrected chi connectivity index (χ2v) is 6.62. The molecule has 0 bridgehead atoms. The van der Waals surface area contributed by atoms with Gasteiger partial charge in [-0.2, -0.15) is 9.78 Å². The molecule has 0 amide bonds. The topological polar surface area (TPSA) is 85.0 Å². The molecule has 0 unspecified atom stereocenters. The summed E-state index contributed by atoms with van der Waals surface area (Å²) in [6.07, 6.45) is 1.41. The van der Waals surface area contributed by atoms with E-state index in [0.717, 1.165) is 11.3 Å². The number of para-hydroxylation sites is 1. The Balaban J connectivity index is 1.83. The van der Waals surface area contributed by atoms with Crippen molar-refractivity contribution in [2.24, 2.45) is 5.10 Å². The fraction of sp³-hybridized carbons (Fsp3) is 0.143. The third-order valence-corrected chi connectivity index (χ3v) is 4.68. The molecule has 0 aliphatic rings. The van der Waals surface area contributed by atoms with Gasteiger partial charge in [0.2, 0.25) is 0 Å². The Bertz CT molecular complexity index is 1330. The number of nitrogens with one attached hydrogen (secondary N) is 1. The molecule has 2 aromatic heterocycles. The maximum atomic E-state index is 12.9. The van der Waals surface area contributed by atoms with E-state index < -0.39 is 0 Å². The van der Waals surface area contributed by atoms with Gasteiger partial charge in [0.25, 0.3) is 11.1 Å². The molecule has 140 valence electrons. The second-order valence-electron chi connectivity index (χ2n) is 6.62. The van der Waals surface area contributed by atoms with E-state index in [1.165, 1.54) is 15.6 Å². The molecule has 0 radical (unpaired) electrons. The van der Waals surface area contributed by atoms with E-state index in [0.29, 0.717) is 28.0 Å². The molecule has 0 aliphatic carbocycles. The minimum Gasteiger partial charge on any atom is -0.295 e. The number of rotatable bonds is 3. The van der Waals surface area contributed by atoms with E-state index in [4.69, 9.17) is 0 Å². The van der Waals surface area contributed by atoms with Crippen LogP contribution >= 0.6 is 0 Å². The number of aromatic amines is 1. The fourth-order valence-corrected chi connectivity index (χ4v) is 3.22. The number of H-pyrrole nitrogens is 1. The Kier molecular flexibility index (Phi) is 4.27. The van der Waals surface area contributed by atoms with Gasteiger partial charge in [0, 0.05) is 5.69 Å². The quantitative estimate of drug-likeness (QED) is 0.560. The lowest BCUT2D eigenvalue weighted by molar-refractivity contribution is 0.770. The zero-order chi connectivity index (χ0) is 19.8. The van der Waals surface area contributed by atoms with Crippen LogP contribution in [0.5, 0.6) is 0 Å². The minimum absolute atomic E-state index is 0.233. The van der Waals surface area contributed by atoms with Crippen LogP contribution < -0.4 is 11.1 Å². The highest BCUT2D eigenvalue weighted by Crippen LogP contribution is 2.13. The molecule has 0 spiro atoms. The number of hydrogen-bond donors (Lipinski definition) is 1. The average molecular weight is 373 g/mol. The SMILES string of the molecule is Cc1[nH]n(-c2ccccc2)c(=O)c1/C=N/n1c(C)nc2cccc(C)c2c1=O. The van der Waals surface area contributed by atoms with Gasteiger partial charge in [-0.15, -0.1) is 0 Å². The average Bonchev–Trinajstić information content (AvgIpc) is 2.96. The van der Waals surface area contributed by atoms with Crippen LogP contribution in [0.3, 0.4) is 0 Å². The Labute approximate surface area is 160 Å². The summed E-state index contributed by atoms with van der Waals surface area (Å²) in [7, 11) is 0. The molecule has 4 aromatic rings. The molecule has 4 rings (SSSR count). The fourth-order valence-electron chi connectivity index (χ4n) is 3.22. The van der Waals surface area contributed by atoms with Crippen molar-refractivity contribution in [3.63, 3.8) is 0 Å². The normalized spacial score (nSPS) is 11.5. The van der Waals surface area contributed by atoms with Crippen LogP contribution in [0, 0.1) is 20.8 Å². The molecule has 7 nitrogen and oxygen atoms in total. The summed E-state index contributed by atoms with van der Waals surface area (Å²) >= 11 is 0. The van der Waals surface area contributed by atoms with Gasteiger partial charge in [-0.3, -0.25) is 14.7 Å². The summed E-state index contributed by atoms with van der Waals surface area (Å²) in [6, 6.07) is 14.8. The van der Waals surface area contributed by atoms with Gasteiger partial charge in [0.15, 0.2) is 0 Å². The van der Waals surface area contributed by atoms with Crippen molar-refractivity contribution in [1.29, 1.82) is 0 Å². The van der Waals surface area contributed by atoms with Gasteiger partial charge in [-0.05, 0) is 44.5 Å². The summed E-state index contributed by atoms with van der Waals surface area (Å²) in [5, 5.41) is 7.85. The maximum Gasteiger partial charge on any atom is 0.282 e. The zero-order valence-corrected chi connectivity index (χ0v) is 15.8. The molecular formula is C21H19N5O2. The summed E-state index contributed by atoms with van der Waals surface area (Å²) in [6.45, 7) is 5.37. The molecule has 28 heavy (non-hydrogen) atoms. The molecule has 0 saturated carbocycles. The van der Waals surface area contributed by atoms with Crippen molar-refractivity contribution < 1.29 is 0 Å².